The van der Waals surface area contributed by atoms with Gasteiger partial charge in [0.1, 0.15) is 0 Å². The van der Waals surface area contributed by atoms with Gasteiger partial charge in [-0.25, -0.2) is 4.79 Å². The third kappa shape index (κ3) is 3.98. The number of rotatable bonds is 8. The lowest BCUT2D eigenvalue weighted by Gasteiger charge is -2.30. The molecule has 6 nitrogen and oxygen atoms in total. The molecule has 0 aliphatic heterocycles. The zero-order chi connectivity index (χ0) is 13.5. The van der Waals surface area contributed by atoms with Gasteiger partial charge < -0.3 is 20.9 Å². The first kappa shape index (κ1) is 15.9. The van der Waals surface area contributed by atoms with Crippen molar-refractivity contribution in [1.82, 2.24) is 5.32 Å². The van der Waals surface area contributed by atoms with Crippen LogP contribution in [0.5, 0.6) is 0 Å². The first-order chi connectivity index (χ1) is 7.97. The Labute approximate surface area is 102 Å². The Balaban J connectivity index is 4.73. The van der Waals surface area contributed by atoms with E-state index in [0.29, 0.717) is 12.8 Å². The highest BCUT2D eigenvalue weighted by molar-refractivity contribution is 5.87. The number of carbonyl (C=O) groups is 2. The first-order valence-corrected chi connectivity index (χ1v) is 5.70. The van der Waals surface area contributed by atoms with Crippen molar-refractivity contribution in [3.8, 4) is 0 Å². The molecule has 0 fully saturated rings. The molecule has 1 unspecified atom stereocenters. The van der Waals surface area contributed by atoms with Gasteiger partial charge in [-0.1, -0.05) is 13.8 Å². The zero-order valence-corrected chi connectivity index (χ0v) is 10.7. The van der Waals surface area contributed by atoms with E-state index in [1.807, 2.05) is 13.8 Å². The Bertz CT molecular complexity index is 256. The molecule has 0 aliphatic carbocycles. The second-order valence-corrected chi connectivity index (χ2v) is 4.01. The Kier molecular flexibility index (Phi) is 6.75. The van der Waals surface area contributed by atoms with Crippen molar-refractivity contribution >= 4 is 11.9 Å². The minimum atomic E-state index is -1.11. The number of aliphatic carboxylic acids is 1. The van der Waals surface area contributed by atoms with Crippen molar-refractivity contribution in [3.63, 3.8) is 0 Å². The summed E-state index contributed by atoms with van der Waals surface area (Å²) in [7, 11) is 1.39. The monoisotopic (exact) mass is 246 g/mol. The van der Waals surface area contributed by atoms with E-state index in [9.17, 15) is 9.59 Å². The third-order valence-electron chi connectivity index (χ3n) is 3.16. The van der Waals surface area contributed by atoms with Crippen LogP contribution in [0.2, 0.25) is 0 Å². The maximum absolute atomic E-state index is 12.0. The minimum Gasteiger partial charge on any atom is -0.480 e. The number of carbonyl (C=O) groups excluding carboxylic acids is 1. The van der Waals surface area contributed by atoms with Crippen LogP contribution in [0.3, 0.4) is 0 Å². The molecule has 0 aromatic rings. The van der Waals surface area contributed by atoms with Crippen LogP contribution in [-0.2, 0) is 14.3 Å². The first-order valence-electron chi connectivity index (χ1n) is 5.70. The summed E-state index contributed by atoms with van der Waals surface area (Å²) in [6, 6.07) is -1.03. The summed E-state index contributed by atoms with van der Waals surface area (Å²) < 4.78 is 4.75. The molecule has 0 aromatic carbocycles. The molecule has 0 saturated heterocycles. The minimum absolute atomic E-state index is 0.0604. The molecular weight excluding hydrogens is 224 g/mol. The van der Waals surface area contributed by atoms with Crippen LogP contribution in [0, 0.1) is 5.41 Å². The normalized spacial score (nSPS) is 13.2. The van der Waals surface area contributed by atoms with E-state index < -0.39 is 17.4 Å². The SMILES string of the molecule is CCC(CC)(CN)C(=O)NC(COC)C(=O)O. The second-order valence-electron chi connectivity index (χ2n) is 4.01. The molecule has 0 saturated carbocycles. The average molecular weight is 246 g/mol. The summed E-state index contributed by atoms with van der Waals surface area (Å²) >= 11 is 0. The lowest BCUT2D eigenvalue weighted by atomic mass is 9.81. The lowest BCUT2D eigenvalue weighted by molar-refractivity contribution is -0.145. The van der Waals surface area contributed by atoms with Crippen LogP contribution in [0.1, 0.15) is 26.7 Å². The molecule has 1 atom stereocenters. The van der Waals surface area contributed by atoms with E-state index in [2.05, 4.69) is 5.32 Å². The fourth-order valence-corrected chi connectivity index (χ4v) is 1.61. The summed E-state index contributed by atoms with van der Waals surface area (Å²) in [5.41, 5.74) is 4.92. The van der Waals surface area contributed by atoms with Gasteiger partial charge in [0.2, 0.25) is 5.91 Å². The van der Waals surface area contributed by atoms with Crippen LogP contribution in [0.4, 0.5) is 0 Å². The van der Waals surface area contributed by atoms with Crippen molar-refractivity contribution in [2.24, 2.45) is 11.1 Å². The highest BCUT2D eigenvalue weighted by atomic mass is 16.5. The van der Waals surface area contributed by atoms with Crippen LogP contribution in [0.15, 0.2) is 0 Å². The standard InChI is InChI=1S/C11H22N2O4/c1-4-11(5-2,7-12)10(16)13-8(6-17-3)9(14)15/h8H,4-7,12H2,1-3H3,(H,13,16)(H,14,15). The number of carboxylic acids is 1. The molecule has 0 aliphatic rings. The van der Waals surface area contributed by atoms with Crippen molar-refractivity contribution in [3.05, 3.63) is 0 Å². The molecular formula is C11H22N2O4. The number of methoxy groups -OCH3 is 1. The van der Waals surface area contributed by atoms with Gasteiger partial charge in [0.25, 0.3) is 0 Å². The van der Waals surface area contributed by atoms with Gasteiger partial charge in [-0.3, -0.25) is 4.79 Å². The highest BCUT2D eigenvalue weighted by Crippen LogP contribution is 2.25. The van der Waals surface area contributed by atoms with Crippen LogP contribution in [0.25, 0.3) is 0 Å². The number of ether oxygens (including phenoxy) is 1. The summed E-state index contributed by atoms with van der Waals surface area (Å²) in [6.45, 7) is 3.87. The molecule has 0 rings (SSSR count). The number of nitrogens with two attached hydrogens (primary N) is 1. The van der Waals surface area contributed by atoms with Gasteiger partial charge in [0.05, 0.1) is 12.0 Å². The Morgan fingerprint density at radius 1 is 1.41 bits per heavy atom. The van der Waals surface area contributed by atoms with Crippen LogP contribution in [-0.4, -0.2) is 43.3 Å². The molecule has 100 valence electrons. The summed E-state index contributed by atoms with van der Waals surface area (Å²) in [4.78, 5) is 22.9. The van der Waals surface area contributed by atoms with Gasteiger partial charge in [0, 0.05) is 13.7 Å². The number of hydrogen-bond acceptors (Lipinski definition) is 4. The molecule has 0 aromatic heterocycles. The van der Waals surface area contributed by atoms with Gasteiger partial charge in [0.15, 0.2) is 6.04 Å². The smallest absolute Gasteiger partial charge is 0.328 e. The number of hydrogen-bond donors (Lipinski definition) is 3. The molecule has 0 spiro atoms. The topological polar surface area (TPSA) is 102 Å². The van der Waals surface area contributed by atoms with Crippen molar-refractivity contribution in [2.75, 3.05) is 20.3 Å². The van der Waals surface area contributed by atoms with E-state index in [4.69, 9.17) is 15.6 Å². The van der Waals surface area contributed by atoms with Gasteiger partial charge in [-0.05, 0) is 12.8 Å². The number of carboxylic acid groups (broad SMARTS) is 1. The van der Waals surface area contributed by atoms with Crippen molar-refractivity contribution in [1.29, 1.82) is 0 Å². The zero-order valence-electron chi connectivity index (χ0n) is 10.7. The van der Waals surface area contributed by atoms with Crippen LogP contribution >= 0.6 is 0 Å². The maximum atomic E-state index is 12.0. The van der Waals surface area contributed by atoms with Gasteiger partial charge in [-0.2, -0.15) is 0 Å². The average Bonchev–Trinajstić information content (AvgIpc) is 2.31. The second kappa shape index (κ2) is 7.24. The summed E-state index contributed by atoms with van der Waals surface area (Å²) in [5.74, 6) is -1.44. The lowest BCUT2D eigenvalue weighted by Crippen LogP contribution is -2.52. The van der Waals surface area contributed by atoms with E-state index in [1.54, 1.807) is 0 Å². The summed E-state index contributed by atoms with van der Waals surface area (Å²) in [5, 5.41) is 11.4. The molecule has 0 radical (unpaired) electrons. The largest absolute Gasteiger partial charge is 0.480 e. The fourth-order valence-electron chi connectivity index (χ4n) is 1.61. The Hall–Kier alpha value is -1.14. The molecule has 1 amide bonds. The molecule has 6 heteroatoms. The van der Waals surface area contributed by atoms with E-state index >= 15 is 0 Å². The maximum Gasteiger partial charge on any atom is 0.328 e. The highest BCUT2D eigenvalue weighted by Gasteiger charge is 2.35. The molecule has 4 N–H and O–H groups in total. The van der Waals surface area contributed by atoms with Gasteiger partial charge >= 0.3 is 5.97 Å². The Morgan fingerprint density at radius 3 is 2.24 bits per heavy atom. The van der Waals surface area contributed by atoms with Crippen LogP contribution < -0.4 is 11.1 Å². The predicted molar refractivity (Wildman–Crippen MR) is 63.5 cm³/mol. The van der Waals surface area contributed by atoms with Crippen molar-refractivity contribution < 1.29 is 19.4 Å². The number of nitrogens with one attached hydrogen (secondary N) is 1. The number of amides is 1. The van der Waals surface area contributed by atoms with Gasteiger partial charge in [-0.15, -0.1) is 0 Å². The predicted octanol–water partition coefficient (Wildman–Crippen LogP) is -0.0327. The molecule has 17 heavy (non-hydrogen) atoms. The third-order valence-corrected chi connectivity index (χ3v) is 3.16. The summed E-state index contributed by atoms with van der Waals surface area (Å²) in [6.07, 6.45) is 1.15. The van der Waals surface area contributed by atoms with Crippen molar-refractivity contribution in [2.45, 2.75) is 32.7 Å². The van der Waals surface area contributed by atoms with E-state index in [0.717, 1.165) is 0 Å². The Morgan fingerprint density at radius 2 is 1.94 bits per heavy atom. The van der Waals surface area contributed by atoms with E-state index in [-0.39, 0.29) is 19.1 Å². The fraction of sp³-hybridized carbons (Fsp3) is 0.818. The molecule has 0 bridgehead atoms. The molecule has 0 heterocycles. The van der Waals surface area contributed by atoms with E-state index in [1.165, 1.54) is 7.11 Å². The quantitative estimate of drug-likeness (QED) is 0.558.